The highest BCUT2D eigenvalue weighted by atomic mass is 16.5. The SMILES string of the molecule is COCCN(CC(=O)O)C(=O)c1cc2cccc(C)c2o1. The number of carbonyl (C=O) groups excluding carboxylic acids is 1. The summed E-state index contributed by atoms with van der Waals surface area (Å²) in [4.78, 5) is 24.4. The quantitative estimate of drug-likeness (QED) is 0.879. The fourth-order valence-corrected chi connectivity index (χ4v) is 2.09. The maximum Gasteiger partial charge on any atom is 0.323 e. The van der Waals surface area contributed by atoms with Gasteiger partial charge in [0.1, 0.15) is 12.1 Å². The lowest BCUT2D eigenvalue weighted by Gasteiger charge is -2.18. The van der Waals surface area contributed by atoms with Gasteiger partial charge in [-0.2, -0.15) is 0 Å². The molecule has 1 heterocycles. The number of aryl methyl sites for hydroxylation is 1. The van der Waals surface area contributed by atoms with Crippen LogP contribution in [0.25, 0.3) is 11.0 Å². The molecule has 2 rings (SSSR count). The smallest absolute Gasteiger partial charge is 0.323 e. The Morgan fingerprint density at radius 3 is 2.76 bits per heavy atom. The molecular formula is C15H17NO5. The van der Waals surface area contributed by atoms with E-state index in [2.05, 4.69) is 0 Å². The number of methoxy groups -OCH3 is 1. The van der Waals surface area contributed by atoms with Gasteiger partial charge >= 0.3 is 5.97 Å². The van der Waals surface area contributed by atoms with Gasteiger partial charge in [-0.05, 0) is 18.6 Å². The molecule has 0 radical (unpaired) electrons. The van der Waals surface area contributed by atoms with Crippen molar-refractivity contribution in [2.45, 2.75) is 6.92 Å². The number of furan rings is 1. The second-order valence-corrected chi connectivity index (χ2v) is 4.72. The normalized spacial score (nSPS) is 10.8. The molecule has 21 heavy (non-hydrogen) atoms. The van der Waals surface area contributed by atoms with Crippen LogP contribution in [0.4, 0.5) is 0 Å². The van der Waals surface area contributed by atoms with Crippen molar-refractivity contribution in [3.63, 3.8) is 0 Å². The minimum Gasteiger partial charge on any atom is -0.480 e. The van der Waals surface area contributed by atoms with Gasteiger partial charge in [0.15, 0.2) is 5.76 Å². The Bertz CT molecular complexity index is 661. The summed E-state index contributed by atoms with van der Waals surface area (Å²) in [6.07, 6.45) is 0. The van der Waals surface area contributed by atoms with Crippen LogP contribution in [-0.4, -0.2) is 48.7 Å². The second-order valence-electron chi connectivity index (χ2n) is 4.72. The number of para-hydroxylation sites is 1. The second kappa shape index (κ2) is 6.41. The number of nitrogens with zero attached hydrogens (tertiary/aromatic N) is 1. The van der Waals surface area contributed by atoms with Crippen LogP contribution in [0.15, 0.2) is 28.7 Å². The lowest BCUT2D eigenvalue weighted by atomic mass is 10.2. The Morgan fingerprint density at radius 1 is 1.38 bits per heavy atom. The average molecular weight is 291 g/mol. The Morgan fingerprint density at radius 2 is 2.14 bits per heavy atom. The third kappa shape index (κ3) is 3.41. The van der Waals surface area contributed by atoms with Crippen molar-refractivity contribution in [3.05, 3.63) is 35.6 Å². The molecule has 0 atom stereocenters. The van der Waals surface area contributed by atoms with Gasteiger partial charge in [-0.15, -0.1) is 0 Å². The third-order valence-electron chi connectivity index (χ3n) is 3.13. The molecule has 0 aliphatic rings. The number of carboxylic acid groups (broad SMARTS) is 1. The molecule has 0 saturated heterocycles. The molecule has 6 heteroatoms. The topological polar surface area (TPSA) is 80.0 Å². The number of carbonyl (C=O) groups is 2. The van der Waals surface area contributed by atoms with Crippen molar-refractivity contribution >= 4 is 22.8 Å². The summed E-state index contributed by atoms with van der Waals surface area (Å²) in [6.45, 7) is 1.95. The predicted molar refractivity (Wildman–Crippen MR) is 76.4 cm³/mol. The van der Waals surface area contributed by atoms with Crippen LogP contribution in [0.2, 0.25) is 0 Å². The molecule has 1 N–H and O–H groups in total. The highest BCUT2D eigenvalue weighted by Crippen LogP contribution is 2.23. The van der Waals surface area contributed by atoms with Gasteiger partial charge in [0.25, 0.3) is 5.91 Å². The standard InChI is InChI=1S/C15H17NO5/c1-10-4-3-5-11-8-12(21-14(10)11)15(19)16(6-7-20-2)9-13(17)18/h3-5,8H,6-7,9H2,1-2H3,(H,17,18). The Kier molecular flexibility index (Phi) is 4.59. The summed E-state index contributed by atoms with van der Waals surface area (Å²) < 4.78 is 10.5. The largest absolute Gasteiger partial charge is 0.480 e. The summed E-state index contributed by atoms with van der Waals surface area (Å²) in [5, 5.41) is 9.72. The monoisotopic (exact) mass is 291 g/mol. The summed E-state index contributed by atoms with van der Waals surface area (Å²) in [6, 6.07) is 7.24. The van der Waals surface area contributed by atoms with Crippen LogP contribution in [0, 0.1) is 6.92 Å². The van der Waals surface area contributed by atoms with E-state index in [4.69, 9.17) is 14.3 Å². The summed E-state index contributed by atoms with van der Waals surface area (Å²) in [5.74, 6) is -1.39. The number of amides is 1. The van der Waals surface area contributed by atoms with E-state index in [0.717, 1.165) is 10.9 Å². The van der Waals surface area contributed by atoms with Crippen LogP contribution in [0.5, 0.6) is 0 Å². The van der Waals surface area contributed by atoms with Gasteiger partial charge in [0.05, 0.1) is 6.61 Å². The number of fused-ring (bicyclic) bond motifs is 1. The number of benzene rings is 1. The molecule has 1 aromatic heterocycles. The summed E-state index contributed by atoms with van der Waals surface area (Å²) in [7, 11) is 1.49. The van der Waals surface area contributed by atoms with Crippen LogP contribution < -0.4 is 0 Å². The third-order valence-corrected chi connectivity index (χ3v) is 3.13. The number of rotatable bonds is 6. The zero-order valence-corrected chi connectivity index (χ0v) is 12.0. The van der Waals surface area contributed by atoms with Gasteiger partial charge in [-0.3, -0.25) is 9.59 Å². The predicted octanol–water partition coefficient (Wildman–Crippen LogP) is 1.91. The molecule has 1 aromatic carbocycles. The molecule has 0 aliphatic carbocycles. The van der Waals surface area contributed by atoms with E-state index in [0.29, 0.717) is 5.58 Å². The molecule has 0 spiro atoms. The Hall–Kier alpha value is -2.34. The zero-order chi connectivity index (χ0) is 15.4. The zero-order valence-electron chi connectivity index (χ0n) is 12.0. The van der Waals surface area contributed by atoms with Crippen molar-refractivity contribution in [1.29, 1.82) is 0 Å². The van der Waals surface area contributed by atoms with E-state index in [1.807, 2.05) is 25.1 Å². The maximum absolute atomic E-state index is 12.4. The molecule has 2 aromatic rings. The van der Waals surface area contributed by atoms with Crippen LogP contribution in [0.1, 0.15) is 16.1 Å². The molecule has 112 valence electrons. The highest BCUT2D eigenvalue weighted by Gasteiger charge is 2.22. The van der Waals surface area contributed by atoms with Gasteiger partial charge in [0.2, 0.25) is 0 Å². The Balaban J connectivity index is 2.29. The van der Waals surface area contributed by atoms with E-state index in [1.54, 1.807) is 6.07 Å². The van der Waals surface area contributed by atoms with Crippen molar-refractivity contribution in [1.82, 2.24) is 4.90 Å². The molecule has 6 nitrogen and oxygen atoms in total. The first-order valence-electron chi connectivity index (χ1n) is 6.52. The Labute approximate surface area is 121 Å². The number of aliphatic carboxylic acids is 1. The molecule has 0 fully saturated rings. The summed E-state index contributed by atoms with van der Waals surface area (Å²) in [5.41, 5.74) is 1.57. The van der Waals surface area contributed by atoms with E-state index in [1.165, 1.54) is 12.0 Å². The lowest BCUT2D eigenvalue weighted by molar-refractivity contribution is -0.137. The minimum atomic E-state index is -1.08. The van der Waals surface area contributed by atoms with E-state index in [-0.39, 0.29) is 18.9 Å². The number of hydrogen-bond acceptors (Lipinski definition) is 4. The fourth-order valence-electron chi connectivity index (χ4n) is 2.09. The summed E-state index contributed by atoms with van der Waals surface area (Å²) >= 11 is 0. The van der Waals surface area contributed by atoms with Gasteiger partial charge in [-0.25, -0.2) is 0 Å². The van der Waals surface area contributed by atoms with Crippen LogP contribution in [-0.2, 0) is 9.53 Å². The first-order chi connectivity index (χ1) is 10.0. The minimum absolute atomic E-state index is 0.136. The molecule has 0 bridgehead atoms. The lowest BCUT2D eigenvalue weighted by Crippen LogP contribution is -2.37. The van der Waals surface area contributed by atoms with Crippen molar-refractivity contribution in [2.75, 3.05) is 26.8 Å². The fraction of sp³-hybridized carbons (Fsp3) is 0.333. The number of ether oxygens (including phenoxy) is 1. The van der Waals surface area contributed by atoms with Gasteiger partial charge in [0, 0.05) is 19.0 Å². The van der Waals surface area contributed by atoms with E-state index >= 15 is 0 Å². The molecule has 1 amide bonds. The maximum atomic E-state index is 12.4. The van der Waals surface area contributed by atoms with E-state index in [9.17, 15) is 9.59 Å². The first-order valence-corrected chi connectivity index (χ1v) is 6.52. The van der Waals surface area contributed by atoms with Gasteiger partial charge in [-0.1, -0.05) is 18.2 Å². The van der Waals surface area contributed by atoms with Crippen molar-refractivity contribution in [2.24, 2.45) is 0 Å². The molecule has 0 unspecified atom stereocenters. The highest BCUT2D eigenvalue weighted by molar-refractivity contribution is 5.97. The van der Waals surface area contributed by atoms with Crippen molar-refractivity contribution in [3.8, 4) is 0 Å². The number of hydrogen-bond donors (Lipinski definition) is 1. The average Bonchev–Trinajstić information content (AvgIpc) is 2.88. The molecular weight excluding hydrogens is 274 g/mol. The van der Waals surface area contributed by atoms with Crippen LogP contribution >= 0.6 is 0 Å². The van der Waals surface area contributed by atoms with Crippen LogP contribution in [0.3, 0.4) is 0 Å². The van der Waals surface area contributed by atoms with E-state index < -0.39 is 18.4 Å². The van der Waals surface area contributed by atoms with Crippen molar-refractivity contribution < 1.29 is 23.8 Å². The first kappa shape index (κ1) is 15.1. The van der Waals surface area contributed by atoms with Gasteiger partial charge < -0.3 is 19.2 Å². The molecule has 0 aliphatic heterocycles. The molecule has 0 saturated carbocycles. The number of carboxylic acids is 1.